The van der Waals surface area contributed by atoms with Gasteiger partial charge in [0.1, 0.15) is 11.9 Å². The quantitative estimate of drug-likeness (QED) is 0.725. The van der Waals surface area contributed by atoms with E-state index in [9.17, 15) is 14.7 Å². The molecule has 22 heavy (non-hydrogen) atoms. The van der Waals surface area contributed by atoms with Crippen LogP contribution in [-0.4, -0.2) is 53.3 Å². The Morgan fingerprint density at radius 3 is 2.45 bits per heavy atom. The molecular weight excluding hydrogens is 284 g/mol. The molecule has 2 aliphatic heterocycles. The van der Waals surface area contributed by atoms with E-state index in [-0.39, 0.29) is 42.0 Å². The highest BCUT2D eigenvalue weighted by atomic mass is 16.3. The molecule has 2 heterocycles. The van der Waals surface area contributed by atoms with Crippen LogP contribution in [0.3, 0.4) is 0 Å². The third-order valence-corrected chi connectivity index (χ3v) is 4.62. The molecule has 4 amide bonds. The highest BCUT2D eigenvalue weighted by Crippen LogP contribution is 2.38. The highest BCUT2D eigenvalue weighted by Gasteiger charge is 2.49. The number of rotatable bonds is 1. The standard InChI is InChI=1S/C15H20N4O3/c1-8-11-12(9-5-4-6-10(20)7-9)18(2)15(22)17-13(11)19(3)14(21)16-8/h4-8,11-13,20H,1-3H3,(H,16,21)(H,17,22)/t8?,11-,12?,13-/m0/s1. The van der Waals surface area contributed by atoms with Gasteiger partial charge in [-0.2, -0.15) is 0 Å². The van der Waals surface area contributed by atoms with Crippen LogP contribution in [0.2, 0.25) is 0 Å². The van der Waals surface area contributed by atoms with Crippen molar-refractivity contribution in [2.45, 2.75) is 25.2 Å². The molecule has 0 bridgehead atoms. The predicted octanol–water partition coefficient (Wildman–Crippen LogP) is 1.07. The van der Waals surface area contributed by atoms with Gasteiger partial charge in [-0.3, -0.25) is 0 Å². The fraction of sp³-hybridized carbons (Fsp3) is 0.467. The average molecular weight is 304 g/mol. The Kier molecular flexibility index (Phi) is 3.35. The van der Waals surface area contributed by atoms with Crippen molar-refractivity contribution in [3.8, 4) is 5.75 Å². The highest BCUT2D eigenvalue weighted by molar-refractivity contribution is 5.80. The summed E-state index contributed by atoms with van der Waals surface area (Å²) in [5, 5.41) is 15.6. The van der Waals surface area contributed by atoms with Gasteiger partial charge in [0, 0.05) is 26.1 Å². The number of hydrogen-bond acceptors (Lipinski definition) is 3. The normalized spacial score (nSPS) is 31.4. The number of hydrogen-bond donors (Lipinski definition) is 3. The van der Waals surface area contributed by atoms with E-state index in [2.05, 4.69) is 10.6 Å². The van der Waals surface area contributed by atoms with E-state index in [1.54, 1.807) is 37.2 Å². The third-order valence-electron chi connectivity index (χ3n) is 4.62. The second-order valence-corrected chi connectivity index (χ2v) is 5.97. The van der Waals surface area contributed by atoms with Crippen LogP contribution in [0.25, 0.3) is 0 Å². The molecular formula is C15H20N4O3. The molecule has 4 atom stereocenters. The van der Waals surface area contributed by atoms with E-state index in [1.165, 1.54) is 4.90 Å². The zero-order chi connectivity index (χ0) is 16.0. The van der Waals surface area contributed by atoms with Crippen LogP contribution in [-0.2, 0) is 0 Å². The van der Waals surface area contributed by atoms with Gasteiger partial charge in [-0.05, 0) is 24.6 Å². The average Bonchev–Trinajstić information content (AvgIpc) is 2.47. The lowest BCUT2D eigenvalue weighted by atomic mass is 9.81. The number of amides is 4. The van der Waals surface area contributed by atoms with Gasteiger partial charge in [0.15, 0.2) is 0 Å². The topological polar surface area (TPSA) is 84.9 Å². The van der Waals surface area contributed by atoms with Crippen molar-refractivity contribution in [1.29, 1.82) is 0 Å². The fourth-order valence-electron chi connectivity index (χ4n) is 3.46. The van der Waals surface area contributed by atoms with Gasteiger partial charge in [0.2, 0.25) is 0 Å². The second-order valence-electron chi connectivity index (χ2n) is 5.97. The summed E-state index contributed by atoms with van der Waals surface area (Å²) in [6.07, 6.45) is -0.375. The lowest BCUT2D eigenvalue weighted by molar-refractivity contribution is 0.0247. The number of phenols is 1. The number of carbonyl (C=O) groups excluding carboxylic acids is 2. The molecule has 2 aliphatic rings. The van der Waals surface area contributed by atoms with Crippen molar-refractivity contribution >= 4 is 12.1 Å². The Balaban J connectivity index is 2.05. The van der Waals surface area contributed by atoms with Crippen molar-refractivity contribution in [1.82, 2.24) is 20.4 Å². The maximum Gasteiger partial charge on any atom is 0.319 e. The fourth-order valence-corrected chi connectivity index (χ4v) is 3.46. The van der Waals surface area contributed by atoms with E-state index in [0.29, 0.717) is 0 Å². The van der Waals surface area contributed by atoms with Crippen molar-refractivity contribution in [3.05, 3.63) is 29.8 Å². The summed E-state index contributed by atoms with van der Waals surface area (Å²) in [5.41, 5.74) is 0.851. The molecule has 0 spiro atoms. The van der Waals surface area contributed by atoms with E-state index in [0.717, 1.165) is 5.56 Å². The Bertz CT molecular complexity index is 621. The summed E-state index contributed by atoms with van der Waals surface area (Å²) < 4.78 is 0. The van der Waals surface area contributed by atoms with Crippen LogP contribution in [0.1, 0.15) is 18.5 Å². The number of aromatic hydroxyl groups is 1. The smallest absolute Gasteiger partial charge is 0.319 e. The Labute approximate surface area is 128 Å². The van der Waals surface area contributed by atoms with Gasteiger partial charge in [0.25, 0.3) is 0 Å². The first-order chi connectivity index (χ1) is 10.4. The number of benzene rings is 1. The molecule has 0 aliphatic carbocycles. The van der Waals surface area contributed by atoms with Gasteiger partial charge in [0.05, 0.1) is 6.04 Å². The van der Waals surface area contributed by atoms with Crippen molar-refractivity contribution in [2.24, 2.45) is 5.92 Å². The molecule has 7 heteroatoms. The van der Waals surface area contributed by atoms with Gasteiger partial charge in [-0.1, -0.05) is 12.1 Å². The minimum atomic E-state index is -0.375. The van der Waals surface area contributed by atoms with Crippen molar-refractivity contribution in [2.75, 3.05) is 14.1 Å². The molecule has 0 saturated carbocycles. The molecule has 3 rings (SSSR count). The monoisotopic (exact) mass is 304 g/mol. The summed E-state index contributed by atoms with van der Waals surface area (Å²) in [6, 6.07) is 6.14. The maximum absolute atomic E-state index is 12.3. The summed E-state index contributed by atoms with van der Waals surface area (Å²) >= 11 is 0. The number of urea groups is 2. The largest absolute Gasteiger partial charge is 0.508 e. The number of carbonyl (C=O) groups is 2. The lowest BCUT2D eigenvalue weighted by Gasteiger charge is -2.52. The zero-order valence-corrected chi connectivity index (χ0v) is 12.8. The maximum atomic E-state index is 12.3. The van der Waals surface area contributed by atoms with E-state index in [4.69, 9.17) is 0 Å². The lowest BCUT2D eigenvalue weighted by Crippen LogP contribution is -2.71. The minimum absolute atomic E-state index is 0.0350. The summed E-state index contributed by atoms with van der Waals surface area (Å²) in [5.74, 6) is 0.126. The summed E-state index contributed by atoms with van der Waals surface area (Å²) in [4.78, 5) is 27.4. The number of nitrogens with one attached hydrogen (secondary N) is 2. The van der Waals surface area contributed by atoms with E-state index in [1.807, 2.05) is 13.0 Å². The van der Waals surface area contributed by atoms with Crippen LogP contribution in [0.15, 0.2) is 24.3 Å². The molecule has 1 aromatic carbocycles. The van der Waals surface area contributed by atoms with Crippen LogP contribution in [0.5, 0.6) is 5.75 Å². The minimum Gasteiger partial charge on any atom is -0.508 e. The predicted molar refractivity (Wildman–Crippen MR) is 80.2 cm³/mol. The molecule has 1 aromatic rings. The van der Waals surface area contributed by atoms with Crippen LogP contribution < -0.4 is 10.6 Å². The van der Waals surface area contributed by atoms with Crippen LogP contribution >= 0.6 is 0 Å². The zero-order valence-electron chi connectivity index (χ0n) is 12.8. The first kappa shape index (κ1) is 14.5. The third kappa shape index (κ3) is 2.13. The molecule has 7 nitrogen and oxygen atoms in total. The number of fused-ring (bicyclic) bond motifs is 1. The van der Waals surface area contributed by atoms with E-state index < -0.39 is 0 Å². The second kappa shape index (κ2) is 5.08. The van der Waals surface area contributed by atoms with Crippen LogP contribution in [0.4, 0.5) is 9.59 Å². The molecule has 3 N–H and O–H groups in total. The van der Waals surface area contributed by atoms with Gasteiger partial charge < -0.3 is 25.5 Å². The molecule has 0 radical (unpaired) electrons. The SMILES string of the molecule is CC1NC(=O)N(C)[C@@H]2NC(=O)N(C)C(c3cccc(O)c3)[C@H]12. The first-order valence-corrected chi connectivity index (χ1v) is 7.25. The van der Waals surface area contributed by atoms with Gasteiger partial charge >= 0.3 is 12.1 Å². The van der Waals surface area contributed by atoms with Gasteiger partial charge in [-0.25, -0.2) is 9.59 Å². The Hall–Kier alpha value is -2.44. The molecule has 2 fully saturated rings. The van der Waals surface area contributed by atoms with Gasteiger partial charge in [-0.15, -0.1) is 0 Å². The van der Waals surface area contributed by atoms with Crippen molar-refractivity contribution in [3.63, 3.8) is 0 Å². The van der Waals surface area contributed by atoms with Crippen molar-refractivity contribution < 1.29 is 14.7 Å². The summed E-state index contributed by atoms with van der Waals surface area (Å²) in [6.45, 7) is 1.93. The molecule has 2 saturated heterocycles. The molecule has 0 aromatic heterocycles. The molecule has 118 valence electrons. The Morgan fingerprint density at radius 2 is 1.77 bits per heavy atom. The Morgan fingerprint density at radius 1 is 1.09 bits per heavy atom. The first-order valence-electron chi connectivity index (χ1n) is 7.25. The number of phenolic OH excluding ortho intramolecular Hbond substituents is 1. The van der Waals surface area contributed by atoms with E-state index >= 15 is 0 Å². The molecule has 2 unspecified atom stereocenters. The van der Waals surface area contributed by atoms with Crippen LogP contribution in [0, 0.1) is 5.92 Å². The number of nitrogens with zero attached hydrogens (tertiary/aromatic N) is 2. The summed E-state index contributed by atoms with van der Waals surface area (Å²) in [7, 11) is 3.40.